The van der Waals surface area contributed by atoms with Crippen LogP contribution in [0.1, 0.15) is 49.0 Å². The van der Waals surface area contributed by atoms with Crippen molar-refractivity contribution in [3.05, 3.63) is 71.8 Å². The van der Waals surface area contributed by atoms with Crippen LogP contribution in [0.15, 0.2) is 60.7 Å². The number of carbonyl (C=O) groups is 4. The summed E-state index contributed by atoms with van der Waals surface area (Å²) in [4.78, 5) is 49.3. The van der Waals surface area contributed by atoms with E-state index in [9.17, 15) is 19.2 Å². The number of unbranched alkanes of at least 4 members (excludes halogenated alkanes) is 1. The minimum absolute atomic E-state index is 0.271. The summed E-state index contributed by atoms with van der Waals surface area (Å²) in [5, 5.41) is 8.08. The van der Waals surface area contributed by atoms with E-state index in [2.05, 4.69) is 16.0 Å². The topological polar surface area (TPSA) is 104 Å². The van der Waals surface area contributed by atoms with Crippen molar-refractivity contribution in [3.63, 3.8) is 0 Å². The number of hydrogen-bond acceptors (Lipinski definition) is 4. The third kappa shape index (κ3) is 7.98. The number of carbonyl (C=O) groups excluding carboxylic acids is 4. The van der Waals surface area contributed by atoms with Gasteiger partial charge in [0.1, 0.15) is 18.4 Å². The number of rotatable bonds is 12. The number of aldehydes is 1. The maximum atomic E-state index is 13.0. The van der Waals surface area contributed by atoms with Crippen LogP contribution in [0.3, 0.4) is 0 Å². The van der Waals surface area contributed by atoms with Crippen molar-refractivity contribution in [2.24, 2.45) is 0 Å². The Morgan fingerprint density at radius 2 is 1.50 bits per heavy atom. The first kappa shape index (κ1) is 24.8. The molecule has 0 spiro atoms. The summed E-state index contributed by atoms with van der Waals surface area (Å²) < 4.78 is 0. The summed E-state index contributed by atoms with van der Waals surface area (Å²) in [6.07, 6.45) is 3.26. The Balaban J connectivity index is 2.06. The third-order valence-electron chi connectivity index (χ3n) is 5.05. The SMILES string of the molecule is CCCCC(C=O)NC(=O)C(C)NC(=O)C(Cc1ccccc1)NC(=O)c1ccccc1. The summed E-state index contributed by atoms with van der Waals surface area (Å²) >= 11 is 0. The fourth-order valence-corrected chi connectivity index (χ4v) is 3.18. The van der Waals surface area contributed by atoms with Gasteiger partial charge in [-0.25, -0.2) is 0 Å². The molecule has 0 aliphatic heterocycles. The van der Waals surface area contributed by atoms with Gasteiger partial charge in [0.25, 0.3) is 5.91 Å². The molecule has 7 heteroatoms. The molecule has 2 aromatic rings. The molecule has 0 saturated heterocycles. The van der Waals surface area contributed by atoms with Crippen molar-refractivity contribution >= 4 is 24.0 Å². The number of amides is 3. The van der Waals surface area contributed by atoms with Gasteiger partial charge in [0.15, 0.2) is 0 Å². The van der Waals surface area contributed by atoms with Gasteiger partial charge in [-0.15, -0.1) is 0 Å². The van der Waals surface area contributed by atoms with E-state index in [4.69, 9.17) is 0 Å². The Morgan fingerprint density at radius 3 is 2.09 bits per heavy atom. The molecule has 3 atom stereocenters. The third-order valence-corrected chi connectivity index (χ3v) is 5.05. The van der Waals surface area contributed by atoms with E-state index < -0.39 is 29.9 Å². The Bertz CT molecular complexity index is 887. The summed E-state index contributed by atoms with van der Waals surface area (Å²) in [7, 11) is 0. The van der Waals surface area contributed by atoms with Crippen LogP contribution in [-0.4, -0.2) is 42.1 Å². The molecule has 2 rings (SSSR count). The molecule has 0 bridgehead atoms. The van der Waals surface area contributed by atoms with Crippen LogP contribution in [0.4, 0.5) is 0 Å². The summed E-state index contributed by atoms with van der Waals surface area (Å²) in [6, 6.07) is 15.6. The monoisotopic (exact) mass is 437 g/mol. The molecular formula is C25H31N3O4. The maximum Gasteiger partial charge on any atom is 0.251 e. The molecule has 3 unspecified atom stereocenters. The van der Waals surface area contributed by atoms with Crippen LogP contribution in [-0.2, 0) is 20.8 Å². The van der Waals surface area contributed by atoms with Gasteiger partial charge < -0.3 is 20.7 Å². The molecule has 0 fully saturated rings. The maximum absolute atomic E-state index is 13.0. The van der Waals surface area contributed by atoms with E-state index in [1.165, 1.54) is 0 Å². The van der Waals surface area contributed by atoms with Crippen molar-refractivity contribution in [2.45, 2.75) is 57.7 Å². The highest BCUT2D eigenvalue weighted by atomic mass is 16.2. The molecule has 0 aromatic heterocycles. The second kappa shape index (κ2) is 13.0. The highest BCUT2D eigenvalue weighted by Gasteiger charge is 2.26. The van der Waals surface area contributed by atoms with E-state index in [1.807, 2.05) is 37.3 Å². The molecule has 7 nitrogen and oxygen atoms in total. The van der Waals surface area contributed by atoms with E-state index in [-0.39, 0.29) is 12.3 Å². The second-order valence-electron chi connectivity index (χ2n) is 7.71. The minimum Gasteiger partial charge on any atom is -0.345 e. The van der Waals surface area contributed by atoms with Crippen LogP contribution in [0, 0.1) is 0 Å². The fraction of sp³-hybridized carbons (Fsp3) is 0.360. The van der Waals surface area contributed by atoms with Gasteiger partial charge in [-0.2, -0.15) is 0 Å². The zero-order chi connectivity index (χ0) is 23.3. The minimum atomic E-state index is -0.873. The molecule has 3 amide bonds. The molecule has 32 heavy (non-hydrogen) atoms. The second-order valence-corrected chi connectivity index (χ2v) is 7.71. The van der Waals surface area contributed by atoms with Crippen LogP contribution < -0.4 is 16.0 Å². The van der Waals surface area contributed by atoms with Crippen molar-refractivity contribution in [2.75, 3.05) is 0 Å². The standard InChI is InChI=1S/C25H31N3O4/c1-3-4-15-21(17-29)27-23(30)18(2)26-25(32)22(16-19-11-7-5-8-12-19)28-24(31)20-13-9-6-10-14-20/h5-14,17-18,21-22H,3-4,15-16H2,1-2H3,(H,26,32)(H,27,30)(H,28,31). The van der Waals surface area contributed by atoms with Crippen LogP contribution in [0.2, 0.25) is 0 Å². The molecule has 2 aromatic carbocycles. The normalized spacial score (nSPS) is 13.3. The van der Waals surface area contributed by atoms with E-state index in [1.54, 1.807) is 37.3 Å². The zero-order valence-corrected chi connectivity index (χ0v) is 18.5. The number of hydrogen-bond donors (Lipinski definition) is 3. The van der Waals surface area contributed by atoms with Gasteiger partial charge in [0.05, 0.1) is 6.04 Å². The van der Waals surface area contributed by atoms with Gasteiger partial charge in [-0.05, 0) is 31.0 Å². The zero-order valence-electron chi connectivity index (χ0n) is 18.5. The van der Waals surface area contributed by atoms with Crippen molar-refractivity contribution in [1.29, 1.82) is 0 Å². The van der Waals surface area contributed by atoms with Gasteiger partial charge in [0.2, 0.25) is 11.8 Å². The lowest BCUT2D eigenvalue weighted by atomic mass is 10.0. The average Bonchev–Trinajstić information content (AvgIpc) is 2.82. The number of benzene rings is 2. The predicted molar refractivity (Wildman–Crippen MR) is 123 cm³/mol. The first-order chi connectivity index (χ1) is 15.4. The lowest BCUT2D eigenvalue weighted by molar-refractivity contribution is -0.130. The van der Waals surface area contributed by atoms with Gasteiger partial charge >= 0.3 is 0 Å². The molecule has 0 aliphatic carbocycles. The molecule has 0 radical (unpaired) electrons. The lowest BCUT2D eigenvalue weighted by Gasteiger charge is -2.22. The highest BCUT2D eigenvalue weighted by Crippen LogP contribution is 2.06. The van der Waals surface area contributed by atoms with Crippen LogP contribution in [0.5, 0.6) is 0 Å². The summed E-state index contributed by atoms with van der Waals surface area (Å²) in [5.74, 6) is -1.30. The first-order valence-electron chi connectivity index (χ1n) is 10.9. The first-order valence-corrected chi connectivity index (χ1v) is 10.9. The quantitative estimate of drug-likeness (QED) is 0.444. The molecular weight excluding hydrogens is 406 g/mol. The van der Waals surface area contributed by atoms with Crippen LogP contribution in [0.25, 0.3) is 0 Å². The van der Waals surface area contributed by atoms with E-state index in [0.717, 1.165) is 18.4 Å². The van der Waals surface area contributed by atoms with Crippen molar-refractivity contribution in [3.8, 4) is 0 Å². The largest absolute Gasteiger partial charge is 0.345 e. The smallest absolute Gasteiger partial charge is 0.251 e. The van der Waals surface area contributed by atoms with Crippen molar-refractivity contribution in [1.82, 2.24) is 16.0 Å². The Labute approximate surface area is 189 Å². The molecule has 170 valence electrons. The molecule has 0 aliphatic rings. The predicted octanol–water partition coefficient (Wildman–Crippen LogP) is 2.41. The Kier molecular flexibility index (Phi) is 10.1. The van der Waals surface area contributed by atoms with E-state index in [0.29, 0.717) is 18.3 Å². The summed E-state index contributed by atoms with van der Waals surface area (Å²) in [5.41, 5.74) is 1.31. The van der Waals surface area contributed by atoms with Crippen molar-refractivity contribution < 1.29 is 19.2 Å². The van der Waals surface area contributed by atoms with Gasteiger partial charge in [-0.3, -0.25) is 14.4 Å². The highest BCUT2D eigenvalue weighted by molar-refractivity contribution is 5.98. The fourth-order valence-electron chi connectivity index (χ4n) is 3.18. The lowest BCUT2D eigenvalue weighted by Crippen LogP contribution is -2.54. The average molecular weight is 438 g/mol. The van der Waals surface area contributed by atoms with Crippen LogP contribution >= 0.6 is 0 Å². The Hall–Kier alpha value is -3.48. The van der Waals surface area contributed by atoms with E-state index >= 15 is 0 Å². The molecule has 3 N–H and O–H groups in total. The molecule has 0 heterocycles. The van der Waals surface area contributed by atoms with Gasteiger partial charge in [0, 0.05) is 12.0 Å². The van der Waals surface area contributed by atoms with Gasteiger partial charge in [-0.1, -0.05) is 68.3 Å². The number of nitrogens with one attached hydrogen (secondary N) is 3. The summed E-state index contributed by atoms with van der Waals surface area (Å²) in [6.45, 7) is 3.55. The molecule has 0 saturated carbocycles. The Morgan fingerprint density at radius 1 is 0.875 bits per heavy atom.